The average Bonchev–Trinajstić information content (AvgIpc) is 2.89. The van der Waals surface area contributed by atoms with Gasteiger partial charge in [-0.3, -0.25) is 4.68 Å². The second kappa shape index (κ2) is 6.50. The first-order valence-corrected chi connectivity index (χ1v) is 5.41. The quantitative estimate of drug-likeness (QED) is 0.806. The molecule has 0 amide bonds. The highest BCUT2D eigenvalue weighted by atomic mass is 16.5. The van der Waals surface area contributed by atoms with Crippen LogP contribution in [-0.2, 0) is 11.7 Å². The minimum absolute atomic E-state index is 0.261. The maximum atomic E-state index is 8.11. The van der Waals surface area contributed by atoms with Crippen molar-refractivity contribution in [2.45, 2.75) is 6.10 Å². The molecular formula is C15H21N3O. The molecule has 0 aliphatic heterocycles. The van der Waals surface area contributed by atoms with E-state index in [4.69, 9.17) is 22.6 Å². The van der Waals surface area contributed by atoms with Crippen molar-refractivity contribution in [3.8, 4) is 0 Å². The van der Waals surface area contributed by atoms with Gasteiger partial charge in [-0.25, -0.2) is 0 Å². The third kappa shape index (κ3) is 3.66. The predicted octanol–water partition coefficient (Wildman–Crippen LogP) is 2.09. The molecule has 1 atom stereocenters. The normalized spacial score (nSPS) is 25.6. The number of ether oxygens (including phenoxy) is 1. The second-order valence-corrected chi connectivity index (χ2v) is 3.63. The fourth-order valence-electron chi connectivity index (χ4n) is 1.56. The van der Waals surface area contributed by atoms with Crippen LogP contribution in [0, 0.1) is 0 Å². The largest absolute Gasteiger partial charge is 0.366 e. The molecule has 0 radical (unpaired) electrons. The van der Waals surface area contributed by atoms with E-state index in [0.717, 1.165) is 0 Å². The van der Waals surface area contributed by atoms with Crippen LogP contribution in [0.3, 0.4) is 0 Å². The van der Waals surface area contributed by atoms with Crippen LogP contribution in [0.4, 0.5) is 0 Å². The van der Waals surface area contributed by atoms with Crippen molar-refractivity contribution in [2.24, 2.45) is 6.98 Å². The monoisotopic (exact) mass is 272 g/mol. The van der Waals surface area contributed by atoms with Gasteiger partial charge in [-0.1, -0.05) is 30.3 Å². The van der Waals surface area contributed by atoms with Crippen molar-refractivity contribution in [1.29, 1.82) is 0 Å². The first kappa shape index (κ1) is 4.72. The molecule has 1 aromatic carbocycles. The Morgan fingerprint density at radius 1 is 1.47 bits per heavy atom. The molecule has 0 aliphatic rings. The van der Waals surface area contributed by atoms with Gasteiger partial charge in [0, 0.05) is 34.7 Å². The smallest absolute Gasteiger partial charge is 0.124 e. The van der Waals surface area contributed by atoms with E-state index in [1.165, 1.54) is 12.1 Å². The fraction of sp³-hybridized carbons (Fsp3) is 0.400. The molecule has 0 N–H and O–H groups in total. The Hall–Kier alpha value is -1.65. The number of likely N-dealkylation sites (N-methyl/N-ethyl adjacent to an activating group) is 1. The lowest BCUT2D eigenvalue weighted by Crippen LogP contribution is -2.20. The lowest BCUT2D eigenvalue weighted by molar-refractivity contribution is 0.0638. The highest BCUT2D eigenvalue weighted by Crippen LogP contribution is 2.25. The summed E-state index contributed by atoms with van der Waals surface area (Å²) in [4.78, 5) is -0.284. The Kier molecular flexibility index (Phi) is 1.61. The molecule has 1 heterocycles. The van der Waals surface area contributed by atoms with E-state index in [0.29, 0.717) is 4.68 Å². The van der Waals surface area contributed by atoms with Gasteiger partial charge in [0.1, 0.15) is 6.10 Å². The summed E-state index contributed by atoms with van der Waals surface area (Å²) in [5.74, 6) is 0. The third-order valence-electron chi connectivity index (χ3n) is 2.39. The first-order chi connectivity index (χ1) is 14.4. The van der Waals surface area contributed by atoms with Gasteiger partial charge in [0.15, 0.2) is 0 Å². The van der Waals surface area contributed by atoms with Crippen molar-refractivity contribution in [3.63, 3.8) is 0 Å². The van der Waals surface area contributed by atoms with Crippen LogP contribution >= 0.6 is 0 Å². The Morgan fingerprint density at radius 2 is 2.32 bits per heavy atom. The molecule has 19 heavy (non-hydrogen) atoms. The SMILES string of the molecule is [2H]c1nn(C([2H])([2H])[2H])c(C(OCC([2H])([2H])N(C([2H])([2H])[2H])C([2H])([2H])[2H])c2ccccc2)c1[2H]. The molecule has 1 aromatic heterocycles. The minimum Gasteiger partial charge on any atom is -0.366 e. The van der Waals surface area contributed by atoms with E-state index in [9.17, 15) is 0 Å². The van der Waals surface area contributed by atoms with Crippen molar-refractivity contribution in [1.82, 2.24) is 14.7 Å². The topological polar surface area (TPSA) is 30.3 Å². The van der Waals surface area contributed by atoms with Gasteiger partial charge >= 0.3 is 0 Å². The maximum Gasteiger partial charge on any atom is 0.124 e. The molecular weight excluding hydrogens is 238 g/mol. The summed E-state index contributed by atoms with van der Waals surface area (Å²) in [5.41, 5.74) is -0.122. The van der Waals surface area contributed by atoms with E-state index in [1.807, 2.05) is 0 Å². The van der Waals surface area contributed by atoms with Crippen LogP contribution in [-0.4, -0.2) is 41.7 Å². The third-order valence-corrected chi connectivity index (χ3v) is 2.39. The van der Waals surface area contributed by atoms with E-state index in [2.05, 4.69) is 5.10 Å². The molecule has 0 aliphatic carbocycles. The Balaban J connectivity index is 2.55. The number of aryl methyl sites for hydroxylation is 1. The van der Waals surface area contributed by atoms with Crippen LogP contribution < -0.4 is 0 Å². The summed E-state index contributed by atoms with van der Waals surface area (Å²) in [7, 11) is 0. The van der Waals surface area contributed by atoms with Crippen molar-refractivity contribution < 1.29 is 22.6 Å². The van der Waals surface area contributed by atoms with Crippen molar-refractivity contribution >= 4 is 0 Å². The van der Waals surface area contributed by atoms with E-state index in [1.54, 1.807) is 18.2 Å². The van der Waals surface area contributed by atoms with Gasteiger partial charge < -0.3 is 9.64 Å². The number of nitrogens with zero attached hydrogens (tertiary/aromatic N) is 3. The Labute approximate surface area is 132 Å². The molecule has 2 aromatic rings. The van der Waals surface area contributed by atoms with E-state index in [-0.39, 0.29) is 16.2 Å². The summed E-state index contributed by atoms with van der Waals surface area (Å²) in [6, 6.07) is 7.18. The molecule has 0 spiro atoms. The second-order valence-electron chi connectivity index (χ2n) is 3.63. The first-order valence-electron chi connectivity index (χ1n) is 11.9. The van der Waals surface area contributed by atoms with Gasteiger partial charge in [-0.15, -0.1) is 0 Å². The zero-order valence-corrected chi connectivity index (χ0v) is 9.92. The van der Waals surface area contributed by atoms with Crippen LogP contribution in [0.15, 0.2) is 42.5 Å². The molecule has 0 saturated heterocycles. The van der Waals surface area contributed by atoms with Crippen molar-refractivity contribution in [2.75, 3.05) is 27.1 Å². The summed E-state index contributed by atoms with van der Waals surface area (Å²) in [6.45, 7) is -13.7. The minimum atomic E-state index is -3.34. The molecule has 102 valence electrons. The number of rotatable bonds is 6. The summed E-state index contributed by atoms with van der Waals surface area (Å²) >= 11 is 0. The lowest BCUT2D eigenvalue weighted by Gasteiger charge is -2.20. The lowest BCUT2D eigenvalue weighted by atomic mass is 10.1. The summed E-state index contributed by atoms with van der Waals surface area (Å²) < 4.78 is 106. The van der Waals surface area contributed by atoms with Crippen LogP contribution in [0.2, 0.25) is 0 Å². The molecule has 2 rings (SSSR count). The number of hydrogen-bond acceptors (Lipinski definition) is 3. The summed E-state index contributed by atoms with van der Waals surface area (Å²) in [5, 5.41) is 3.56. The number of aromatic nitrogens is 2. The zero-order chi connectivity index (χ0) is 24.7. The zero-order valence-electron chi connectivity index (χ0n) is 22.9. The molecule has 0 fully saturated rings. The number of hydrogen-bond donors (Lipinski definition) is 0. The van der Waals surface area contributed by atoms with E-state index >= 15 is 0 Å². The molecule has 1 unspecified atom stereocenters. The van der Waals surface area contributed by atoms with Crippen LogP contribution in [0.5, 0.6) is 0 Å². The summed E-state index contributed by atoms with van der Waals surface area (Å²) in [6.07, 6.45) is -2.11. The van der Waals surface area contributed by atoms with Crippen LogP contribution in [0.25, 0.3) is 0 Å². The Morgan fingerprint density at radius 3 is 3.05 bits per heavy atom. The highest BCUT2D eigenvalue weighted by molar-refractivity contribution is 5.25. The van der Waals surface area contributed by atoms with Gasteiger partial charge in [0.2, 0.25) is 0 Å². The molecule has 4 nitrogen and oxygen atoms in total. The molecule has 4 heteroatoms. The number of benzene rings is 1. The highest BCUT2D eigenvalue weighted by Gasteiger charge is 2.17. The predicted molar refractivity (Wildman–Crippen MR) is 76.0 cm³/mol. The maximum absolute atomic E-state index is 8.11. The van der Waals surface area contributed by atoms with Gasteiger partial charge in [0.05, 0.1) is 15.0 Å². The van der Waals surface area contributed by atoms with E-state index < -0.39 is 52.4 Å². The van der Waals surface area contributed by atoms with Gasteiger partial charge in [-0.2, -0.15) is 5.10 Å². The molecule has 0 bridgehead atoms. The average molecular weight is 272 g/mol. The van der Waals surface area contributed by atoms with Crippen molar-refractivity contribution in [3.05, 3.63) is 53.8 Å². The van der Waals surface area contributed by atoms with Gasteiger partial charge in [-0.05, 0) is 25.6 Å². The molecule has 0 saturated carbocycles. The van der Waals surface area contributed by atoms with Crippen LogP contribution in [0.1, 0.15) is 35.2 Å². The fourth-order valence-corrected chi connectivity index (χ4v) is 1.56. The van der Waals surface area contributed by atoms with Gasteiger partial charge in [0.25, 0.3) is 0 Å². The standard InChI is InChI=1S/C15H21N3O/c1-17(2)11-12-19-15(13-7-5-4-6-8-13)14-9-10-16-18(14)3/h4-10,15H,11-12H2,1-3H3/i1D3,2D3,3D3,9D,10D,11D2. The Bertz CT molecular complexity index is 904.